The fourth-order valence-electron chi connectivity index (χ4n) is 8.51. The lowest BCUT2D eigenvalue weighted by atomic mass is 10.1. The van der Waals surface area contributed by atoms with Crippen LogP contribution in [0.1, 0.15) is 0 Å². The molecule has 7 aromatic carbocycles. The van der Waals surface area contributed by atoms with E-state index in [0.717, 1.165) is 0 Å². The van der Waals surface area contributed by atoms with Crippen LogP contribution in [-0.4, -0.2) is 144 Å². The highest BCUT2D eigenvalue weighted by molar-refractivity contribution is 7.88. The smallest absolute Gasteiger partial charge is 0.300 e. The molecule has 0 amide bonds. The van der Waals surface area contributed by atoms with Crippen LogP contribution in [-0.2, 0) is 80.9 Å². The van der Waals surface area contributed by atoms with Gasteiger partial charge in [0.1, 0.15) is 43.3 Å². The summed E-state index contributed by atoms with van der Waals surface area (Å²) in [5.74, 6) is -15.7. The largest absolute Gasteiger partial charge is 0.505 e. The molecule has 518 valence electrons. The van der Waals surface area contributed by atoms with Crippen molar-refractivity contribution in [3.05, 3.63) is 107 Å². The number of azo groups is 2. The Labute approximate surface area is 551 Å². The number of hydrogen-bond acceptors (Lipinski definition) is 32. The van der Waals surface area contributed by atoms with Crippen molar-refractivity contribution in [3.63, 3.8) is 0 Å². The van der Waals surface area contributed by atoms with E-state index in [1.165, 1.54) is 24.3 Å². The van der Waals surface area contributed by atoms with Gasteiger partial charge >= 0.3 is 0 Å². The van der Waals surface area contributed by atoms with Gasteiger partial charge in [-0.25, -0.2) is 17.6 Å². The third kappa shape index (κ3) is 15.5. The molecule has 9 aromatic rings. The summed E-state index contributed by atoms with van der Waals surface area (Å²) in [5, 5.41) is 41.7. The number of fused-ring (bicyclic) bond motifs is 2. The van der Waals surface area contributed by atoms with E-state index >= 15 is 8.78 Å². The molecular formula is C44H26Cl2F4N14O26S8. The van der Waals surface area contributed by atoms with Crippen molar-refractivity contribution in [2.45, 2.75) is 39.2 Å². The zero-order valence-electron chi connectivity index (χ0n) is 45.9. The second-order valence-electron chi connectivity index (χ2n) is 18.8. The Morgan fingerprint density at radius 1 is 0.367 bits per heavy atom. The minimum Gasteiger partial charge on any atom is -0.505 e. The second kappa shape index (κ2) is 25.5. The normalized spacial score (nSPS) is 13.0. The lowest BCUT2D eigenvalue weighted by Crippen LogP contribution is -2.11. The van der Waals surface area contributed by atoms with Crippen molar-refractivity contribution >= 4 is 195 Å². The van der Waals surface area contributed by atoms with E-state index in [4.69, 9.17) is 23.2 Å². The van der Waals surface area contributed by atoms with Gasteiger partial charge < -0.3 is 31.5 Å². The molecule has 0 unspecified atom stereocenters. The lowest BCUT2D eigenvalue weighted by molar-refractivity contribution is 0.432. The molecule has 14 N–H and O–H groups in total. The van der Waals surface area contributed by atoms with Crippen LogP contribution in [0.15, 0.2) is 132 Å². The van der Waals surface area contributed by atoms with E-state index < -0.39 is 245 Å². The van der Waals surface area contributed by atoms with E-state index in [-0.39, 0.29) is 23.5 Å². The van der Waals surface area contributed by atoms with Crippen molar-refractivity contribution in [2.24, 2.45) is 20.5 Å². The monoisotopic (exact) mass is 1570 g/mol. The number of anilines is 8. The Kier molecular flexibility index (Phi) is 19.0. The SMILES string of the molecule is O=S(=O)(O)c1cc(Nc2nc(Cl)nc(Nc3cccc(Nc4nc(Cl)nc(Nc5cc(S(=O)(=O)O)cc6cc(S(=O)(=O)O)c(N=Nc7cc(F)c(S(=O)(=O)O)c(F)c7S(=O)(=O)O)c(O)c56)n4)c3)n2)c2c(O)c(N=Nc3cc(S(=O)(=O)O)c(F)c(F)c3S(=O)(=O)O)c(S(=O)(=O)O)cc2c1. The summed E-state index contributed by atoms with van der Waals surface area (Å²) < 4.78 is 335. The molecule has 0 saturated carbocycles. The molecule has 2 heterocycles. The predicted molar refractivity (Wildman–Crippen MR) is 320 cm³/mol. The molecule has 2 aromatic heterocycles. The van der Waals surface area contributed by atoms with Crippen molar-refractivity contribution in [1.82, 2.24) is 29.9 Å². The number of halogens is 6. The third-order valence-electron chi connectivity index (χ3n) is 12.3. The molecule has 0 spiro atoms. The summed E-state index contributed by atoms with van der Waals surface area (Å²) in [6, 6.07) is 7.59. The van der Waals surface area contributed by atoms with Gasteiger partial charge in [-0.3, -0.25) is 36.4 Å². The van der Waals surface area contributed by atoms with E-state index in [2.05, 4.69) is 71.6 Å². The average Bonchev–Trinajstić information content (AvgIpc) is 0.794. The molecule has 0 aliphatic rings. The van der Waals surface area contributed by atoms with Crippen LogP contribution < -0.4 is 21.3 Å². The van der Waals surface area contributed by atoms with E-state index in [0.29, 0.717) is 36.4 Å². The van der Waals surface area contributed by atoms with E-state index in [9.17, 15) is 123 Å². The first-order chi connectivity index (χ1) is 44.9. The van der Waals surface area contributed by atoms with Gasteiger partial charge in [-0.15, -0.1) is 20.5 Å². The zero-order valence-corrected chi connectivity index (χ0v) is 54.0. The summed E-state index contributed by atoms with van der Waals surface area (Å²) in [6.45, 7) is 0. The molecule has 9 rings (SSSR count). The highest BCUT2D eigenvalue weighted by Gasteiger charge is 2.36. The van der Waals surface area contributed by atoms with Gasteiger partial charge in [0.2, 0.25) is 34.4 Å². The van der Waals surface area contributed by atoms with Gasteiger partial charge in [0.15, 0.2) is 43.6 Å². The summed E-state index contributed by atoms with van der Waals surface area (Å²) in [4.78, 5) is 9.63. The number of hydrogen-bond donors (Lipinski definition) is 14. The second-order valence-corrected chi connectivity index (χ2v) is 30.5. The molecule has 0 saturated heterocycles. The molecule has 0 atom stereocenters. The Morgan fingerprint density at radius 3 is 1.08 bits per heavy atom. The van der Waals surface area contributed by atoms with Crippen LogP contribution in [0.3, 0.4) is 0 Å². The number of rotatable bonds is 20. The van der Waals surface area contributed by atoms with Crippen LogP contribution in [0.25, 0.3) is 21.5 Å². The number of phenols is 2. The molecule has 0 aliphatic carbocycles. The van der Waals surface area contributed by atoms with Gasteiger partial charge in [-0.2, -0.15) is 97.2 Å². The maximum atomic E-state index is 15.2. The number of benzene rings is 7. The number of phenolic OH excluding ortho intramolecular Hbond substituents is 2. The van der Waals surface area contributed by atoms with Crippen molar-refractivity contribution < 1.29 is 132 Å². The topological polar surface area (TPSA) is 650 Å². The number of aromatic nitrogens is 6. The first-order valence-corrected chi connectivity index (χ1v) is 36.5. The zero-order chi connectivity index (χ0) is 72.9. The molecule has 0 fully saturated rings. The first kappa shape index (κ1) is 72.9. The van der Waals surface area contributed by atoms with Crippen LogP contribution in [0, 0.1) is 23.3 Å². The molecular weight excluding hydrogens is 1540 g/mol. The average molecular weight is 1570 g/mol. The van der Waals surface area contributed by atoms with Crippen molar-refractivity contribution in [2.75, 3.05) is 21.3 Å². The number of aromatic hydroxyl groups is 2. The van der Waals surface area contributed by atoms with Gasteiger partial charge in [0, 0.05) is 28.2 Å². The Morgan fingerprint density at radius 2 is 0.724 bits per heavy atom. The summed E-state index contributed by atoms with van der Waals surface area (Å²) in [6.07, 6.45) is 0. The molecule has 98 heavy (non-hydrogen) atoms. The number of nitrogens with zero attached hydrogens (tertiary/aromatic N) is 10. The molecule has 0 bridgehead atoms. The van der Waals surface area contributed by atoms with E-state index in [1.54, 1.807) is 0 Å². The van der Waals surface area contributed by atoms with Gasteiger partial charge in [-0.05, 0) is 94.6 Å². The van der Waals surface area contributed by atoms with Crippen LogP contribution >= 0.6 is 23.2 Å². The summed E-state index contributed by atoms with van der Waals surface area (Å²) in [7, 11) is -45.9. The van der Waals surface area contributed by atoms with Crippen LogP contribution in [0.5, 0.6) is 11.5 Å². The summed E-state index contributed by atoms with van der Waals surface area (Å²) >= 11 is 12.4. The minimum atomic E-state index is -6.02. The van der Waals surface area contributed by atoms with Gasteiger partial charge in [0.25, 0.3) is 80.9 Å². The van der Waals surface area contributed by atoms with Gasteiger partial charge in [0.05, 0.1) is 21.2 Å². The van der Waals surface area contributed by atoms with Crippen molar-refractivity contribution in [1.29, 1.82) is 0 Å². The van der Waals surface area contributed by atoms with E-state index in [1.807, 2.05) is 0 Å². The molecule has 40 nitrogen and oxygen atoms in total. The van der Waals surface area contributed by atoms with Crippen molar-refractivity contribution in [3.8, 4) is 11.5 Å². The highest BCUT2D eigenvalue weighted by Crippen LogP contribution is 2.49. The molecule has 54 heteroatoms. The van der Waals surface area contributed by atoms with Gasteiger partial charge in [-0.1, -0.05) is 6.07 Å². The minimum absolute atomic E-state index is 0.00527. The lowest BCUT2D eigenvalue weighted by Gasteiger charge is -2.16. The third-order valence-corrected chi connectivity index (χ3v) is 19.6. The fraction of sp³-hybridized carbons (Fsp3) is 0. The first-order valence-electron chi connectivity index (χ1n) is 24.3. The number of nitrogens with one attached hydrogen (secondary N) is 4. The van der Waals surface area contributed by atoms with Crippen LogP contribution in [0.2, 0.25) is 10.6 Å². The quantitative estimate of drug-likeness (QED) is 0.0200. The fourth-order valence-corrected chi connectivity index (χ4v) is 13.9. The molecule has 0 radical (unpaired) electrons. The highest BCUT2D eigenvalue weighted by atomic mass is 35.5. The Balaban J connectivity index is 1.07. The Hall–Kier alpha value is -9.34. The summed E-state index contributed by atoms with van der Waals surface area (Å²) in [5.41, 5.74) is -7.89. The maximum absolute atomic E-state index is 15.2. The predicted octanol–water partition coefficient (Wildman–Crippen LogP) is 7.42. The molecule has 0 aliphatic heterocycles. The maximum Gasteiger partial charge on any atom is 0.300 e. The van der Waals surface area contributed by atoms with Crippen LogP contribution in [0.4, 0.5) is 86.9 Å². The Bertz CT molecular complexity index is 6080. The standard InChI is InChI=1S/C44H26Cl2F4N14O26S8/c45-39-55-41(59-43(57-39)53-20-9-17(91(67,68)69)4-13-6-25(94(76,77)78)32(34(65)27(13)20)63-61-22-11-19(47)36(96(82,83)84)31(50)38(22)98(88,89)90)51-15-2-1-3-16(8-15)52-42-56-40(46)58-44(60-42)54-21-10-18(92(70,71)72)5-14-7-26(95(79,80)81)33(35(66)28(14)21)64-62-23-12-24(93(73,74)75)29(48)30(49)37(23)97(85,86)87/h1-12,65-66H,(H,67,68,69)(H,70,71,72)(H,73,74,75)(H,76,77,78)(H,79,80,81)(H,82,83,84)(H,85,86,87)(H,88,89,90)(H2,51,53,55,57,59)(H2,52,54,56,58,60).